The van der Waals surface area contributed by atoms with E-state index in [-0.39, 0.29) is 5.91 Å². The Bertz CT molecular complexity index is 607. The summed E-state index contributed by atoms with van der Waals surface area (Å²) >= 11 is 3.37. The van der Waals surface area contributed by atoms with E-state index >= 15 is 0 Å². The molecule has 0 spiro atoms. The summed E-state index contributed by atoms with van der Waals surface area (Å²) in [5.74, 6) is -0.0988. The number of nitrogens with one attached hydrogen (secondary N) is 1. The molecule has 3 nitrogen and oxygen atoms in total. The zero-order chi connectivity index (χ0) is 16.0. The molecule has 0 saturated carbocycles. The molecular formula is C18H20BrNO2. The average molecular weight is 362 g/mol. The van der Waals surface area contributed by atoms with Crippen molar-refractivity contribution >= 4 is 21.8 Å². The molecule has 1 amide bonds. The Balaban J connectivity index is 2.12. The largest absolute Gasteiger partial charge is 0.372 e. The van der Waals surface area contributed by atoms with Gasteiger partial charge in [-0.2, -0.15) is 0 Å². The van der Waals surface area contributed by atoms with Crippen LogP contribution in [0.1, 0.15) is 29.3 Å². The standard InChI is InChI=1S/C18H20BrNO2/c1-3-18(22-2,15-7-5-4-6-8-15)13-20-17(21)14-9-11-16(19)12-10-14/h4-12H,3,13H2,1-2H3,(H,20,21). The number of hydrogen-bond donors (Lipinski definition) is 1. The van der Waals surface area contributed by atoms with E-state index in [0.717, 1.165) is 16.5 Å². The number of carbonyl (C=O) groups excluding carboxylic acids is 1. The van der Waals surface area contributed by atoms with Crippen LogP contribution in [0.3, 0.4) is 0 Å². The quantitative estimate of drug-likeness (QED) is 0.839. The Morgan fingerprint density at radius 1 is 1.14 bits per heavy atom. The highest BCUT2D eigenvalue weighted by Gasteiger charge is 2.30. The Morgan fingerprint density at radius 2 is 1.77 bits per heavy atom. The smallest absolute Gasteiger partial charge is 0.251 e. The molecule has 0 saturated heterocycles. The van der Waals surface area contributed by atoms with Gasteiger partial charge in [-0.05, 0) is 36.2 Å². The molecule has 0 aromatic heterocycles. The van der Waals surface area contributed by atoms with Crippen molar-refractivity contribution in [3.8, 4) is 0 Å². The van der Waals surface area contributed by atoms with Crippen molar-refractivity contribution in [2.24, 2.45) is 0 Å². The van der Waals surface area contributed by atoms with Crippen LogP contribution in [0.4, 0.5) is 0 Å². The predicted octanol–water partition coefficient (Wildman–Crippen LogP) is 4.13. The third-order valence-electron chi connectivity index (χ3n) is 3.90. The minimum absolute atomic E-state index is 0.0988. The summed E-state index contributed by atoms with van der Waals surface area (Å²) in [6.07, 6.45) is 0.772. The fourth-order valence-corrected chi connectivity index (χ4v) is 2.70. The maximum atomic E-state index is 12.3. The summed E-state index contributed by atoms with van der Waals surface area (Å²) < 4.78 is 6.71. The maximum Gasteiger partial charge on any atom is 0.251 e. The summed E-state index contributed by atoms with van der Waals surface area (Å²) in [5.41, 5.74) is 1.19. The van der Waals surface area contributed by atoms with E-state index < -0.39 is 5.60 Å². The highest BCUT2D eigenvalue weighted by Crippen LogP contribution is 2.28. The van der Waals surface area contributed by atoms with E-state index in [1.165, 1.54) is 0 Å². The lowest BCUT2D eigenvalue weighted by atomic mass is 9.90. The number of ether oxygens (including phenoxy) is 1. The van der Waals surface area contributed by atoms with Crippen molar-refractivity contribution in [2.75, 3.05) is 13.7 Å². The first-order valence-electron chi connectivity index (χ1n) is 7.26. The summed E-state index contributed by atoms with van der Waals surface area (Å²) in [5, 5.41) is 2.98. The minimum atomic E-state index is -0.508. The molecule has 4 heteroatoms. The van der Waals surface area contributed by atoms with Crippen molar-refractivity contribution in [1.29, 1.82) is 0 Å². The van der Waals surface area contributed by atoms with Gasteiger partial charge in [0.25, 0.3) is 5.91 Å². The number of carbonyl (C=O) groups is 1. The molecule has 1 atom stereocenters. The van der Waals surface area contributed by atoms with Crippen LogP contribution in [0.2, 0.25) is 0 Å². The molecule has 22 heavy (non-hydrogen) atoms. The monoisotopic (exact) mass is 361 g/mol. The molecule has 0 fully saturated rings. The molecule has 0 heterocycles. The molecule has 0 aliphatic rings. The molecule has 2 aromatic rings. The van der Waals surface area contributed by atoms with E-state index in [1.807, 2.05) is 42.5 Å². The highest BCUT2D eigenvalue weighted by molar-refractivity contribution is 9.10. The summed E-state index contributed by atoms with van der Waals surface area (Å²) in [6.45, 7) is 2.49. The SMILES string of the molecule is CCC(CNC(=O)c1ccc(Br)cc1)(OC)c1ccccc1. The number of amides is 1. The third-order valence-corrected chi connectivity index (χ3v) is 4.43. The molecule has 0 radical (unpaired) electrons. The second-order valence-electron chi connectivity index (χ2n) is 5.11. The molecule has 2 rings (SSSR count). The second kappa shape index (κ2) is 7.56. The predicted molar refractivity (Wildman–Crippen MR) is 91.9 cm³/mol. The van der Waals surface area contributed by atoms with Crippen LogP contribution in [-0.4, -0.2) is 19.6 Å². The van der Waals surface area contributed by atoms with Gasteiger partial charge in [-0.25, -0.2) is 0 Å². The topological polar surface area (TPSA) is 38.3 Å². The molecule has 0 aliphatic carbocycles. The van der Waals surface area contributed by atoms with Gasteiger partial charge in [0, 0.05) is 17.1 Å². The van der Waals surface area contributed by atoms with Gasteiger partial charge in [-0.15, -0.1) is 0 Å². The third kappa shape index (κ3) is 3.76. The Hall–Kier alpha value is -1.65. The van der Waals surface area contributed by atoms with Crippen LogP contribution in [0.5, 0.6) is 0 Å². The summed E-state index contributed by atoms with van der Waals surface area (Å²) in [7, 11) is 1.68. The van der Waals surface area contributed by atoms with Crippen molar-refractivity contribution in [3.05, 3.63) is 70.2 Å². The molecule has 116 valence electrons. The van der Waals surface area contributed by atoms with E-state index in [9.17, 15) is 4.79 Å². The van der Waals surface area contributed by atoms with Crippen LogP contribution in [0.25, 0.3) is 0 Å². The minimum Gasteiger partial charge on any atom is -0.372 e. The summed E-state index contributed by atoms with van der Waals surface area (Å²) in [6, 6.07) is 17.3. The maximum absolute atomic E-state index is 12.3. The first-order chi connectivity index (χ1) is 10.6. The Kier molecular flexibility index (Phi) is 5.75. The number of methoxy groups -OCH3 is 1. The molecule has 2 aromatic carbocycles. The van der Waals surface area contributed by atoms with E-state index in [4.69, 9.17) is 4.74 Å². The molecule has 1 unspecified atom stereocenters. The van der Waals surface area contributed by atoms with Crippen molar-refractivity contribution < 1.29 is 9.53 Å². The molecule has 0 bridgehead atoms. The number of halogens is 1. The number of hydrogen-bond acceptors (Lipinski definition) is 2. The lowest BCUT2D eigenvalue weighted by Crippen LogP contribution is -2.41. The van der Waals surface area contributed by atoms with Crippen LogP contribution >= 0.6 is 15.9 Å². The van der Waals surface area contributed by atoms with E-state index in [1.54, 1.807) is 19.2 Å². The zero-order valence-corrected chi connectivity index (χ0v) is 14.4. The molecule has 0 aliphatic heterocycles. The zero-order valence-electron chi connectivity index (χ0n) is 12.8. The van der Waals surface area contributed by atoms with Crippen LogP contribution in [0.15, 0.2) is 59.1 Å². The van der Waals surface area contributed by atoms with Gasteiger partial charge in [0.2, 0.25) is 0 Å². The van der Waals surface area contributed by atoms with Crippen LogP contribution < -0.4 is 5.32 Å². The van der Waals surface area contributed by atoms with Gasteiger partial charge < -0.3 is 10.1 Å². The van der Waals surface area contributed by atoms with Gasteiger partial charge in [-0.3, -0.25) is 4.79 Å². The van der Waals surface area contributed by atoms with Gasteiger partial charge >= 0.3 is 0 Å². The average Bonchev–Trinajstić information content (AvgIpc) is 2.57. The molecule has 1 N–H and O–H groups in total. The Morgan fingerprint density at radius 3 is 2.32 bits per heavy atom. The first-order valence-corrected chi connectivity index (χ1v) is 8.05. The van der Waals surface area contributed by atoms with Gasteiger partial charge in [0.05, 0.1) is 6.54 Å². The number of rotatable bonds is 6. The fourth-order valence-electron chi connectivity index (χ4n) is 2.43. The van der Waals surface area contributed by atoms with E-state index in [0.29, 0.717) is 12.1 Å². The number of benzene rings is 2. The fraction of sp³-hybridized carbons (Fsp3) is 0.278. The van der Waals surface area contributed by atoms with Crippen LogP contribution in [-0.2, 0) is 10.3 Å². The summed E-state index contributed by atoms with van der Waals surface area (Å²) in [4.78, 5) is 12.3. The second-order valence-corrected chi connectivity index (χ2v) is 6.02. The first kappa shape index (κ1) is 16.7. The van der Waals surface area contributed by atoms with Gasteiger partial charge in [-0.1, -0.05) is 53.2 Å². The van der Waals surface area contributed by atoms with Crippen molar-refractivity contribution in [2.45, 2.75) is 18.9 Å². The molecular weight excluding hydrogens is 342 g/mol. The normalized spacial score (nSPS) is 13.4. The Labute approximate surface area is 139 Å². The van der Waals surface area contributed by atoms with Crippen molar-refractivity contribution in [1.82, 2.24) is 5.32 Å². The van der Waals surface area contributed by atoms with Gasteiger partial charge in [0.15, 0.2) is 0 Å². The van der Waals surface area contributed by atoms with Gasteiger partial charge in [0.1, 0.15) is 5.60 Å². The highest BCUT2D eigenvalue weighted by atomic mass is 79.9. The lowest BCUT2D eigenvalue weighted by molar-refractivity contribution is -0.0164. The van der Waals surface area contributed by atoms with Crippen molar-refractivity contribution in [3.63, 3.8) is 0 Å². The van der Waals surface area contributed by atoms with E-state index in [2.05, 4.69) is 28.2 Å². The van der Waals surface area contributed by atoms with Crippen LogP contribution in [0, 0.1) is 0 Å². The lowest BCUT2D eigenvalue weighted by Gasteiger charge is -2.32.